The van der Waals surface area contributed by atoms with E-state index in [1.54, 1.807) is 23.6 Å². The van der Waals surface area contributed by atoms with Crippen LogP contribution in [0.2, 0.25) is 0 Å². The molecule has 2 aromatic carbocycles. The Morgan fingerprint density at radius 2 is 1.78 bits per heavy atom. The molecular formula is C22H10F3N5OS. The van der Waals surface area contributed by atoms with E-state index in [2.05, 4.69) is 15.3 Å². The molecule has 0 atom stereocenters. The lowest BCUT2D eigenvalue weighted by Crippen LogP contribution is -2.01. The lowest BCUT2D eigenvalue weighted by Gasteiger charge is -2.11. The number of hydrogen-bond donors (Lipinski definition) is 1. The molecule has 2 aromatic heterocycles. The standard InChI is InChI=1S/C22H10F3N5OS/c23-16-10-14(4-3-13(16)11-27)28-22-29-20(15-5-7-32-21(15)30-22)31-19-17(24)8-12(2-1-6-26)9-18(19)25/h1-5,7-10H,(H,28,29,30)/b2-1+. The van der Waals surface area contributed by atoms with Gasteiger partial charge in [0, 0.05) is 11.8 Å². The number of nitrogens with zero attached hydrogens (tertiary/aromatic N) is 4. The maximum Gasteiger partial charge on any atom is 0.233 e. The lowest BCUT2D eigenvalue weighted by molar-refractivity contribution is 0.399. The Bertz CT molecular complexity index is 1430. The summed E-state index contributed by atoms with van der Waals surface area (Å²) in [5.41, 5.74) is 0.310. The summed E-state index contributed by atoms with van der Waals surface area (Å²) in [7, 11) is 0. The van der Waals surface area contributed by atoms with E-state index in [1.165, 1.54) is 29.5 Å². The first-order valence-electron chi connectivity index (χ1n) is 8.93. The third-order valence-corrected chi connectivity index (χ3v) is 5.01. The molecule has 0 aliphatic rings. The molecule has 0 unspecified atom stereocenters. The highest BCUT2D eigenvalue weighted by Gasteiger charge is 2.18. The Labute approximate surface area is 183 Å². The maximum atomic E-state index is 14.5. The summed E-state index contributed by atoms with van der Waals surface area (Å²) < 4.78 is 48.4. The number of fused-ring (bicyclic) bond motifs is 1. The molecule has 4 rings (SSSR count). The number of aromatic nitrogens is 2. The van der Waals surface area contributed by atoms with Gasteiger partial charge in [0.25, 0.3) is 0 Å². The van der Waals surface area contributed by atoms with Crippen LogP contribution in [0.3, 0.4) is 0 Å². The van der Waals surface area contributed by atoms with Crippen LogP contribution in [-0.4, -0.2) is 9.97 Å². The minimum Gasteiger partial charge on any atom is -0.432 e. The number of benzene rings is 2. The number of rotatable bonds is 5. The molecule has 0 spiro atoms. The summed E-state index contributed by atoms with van der Waals surface area (Å²) in [5, 5.41) is 22.3. The maximum absolute atomic E-state index is 14.5. The fourth-order valence-corrected chi connectivity index (χ4v) is 3.53. The van der Waals surface area contributed by atoms with E-state index >= 15 is 0 Å². The summed E-state index contributed by atoms with van der Waals surface area (Å²) >= 11 is 1.25. The fraction of sp³-hybridized carbons (Fsp3) is 0. The number of nitrogens with one attached hydrogen (secondary N) is 1. The van der Waals surface area contributed by atoms with Crippen LogP contribution in [-0.2, 0) is 0 Å². The molecule has 0 aliphatic heterocycles. The van der Waals surface area contributed by atoms with E-state index < -0.39 is 23.2 Å². The Morgan fingerprint density at radius 3 is 2.47 bits per heavy atom. The van der Waals surface area contributed by atoms with Gasteiger partial charge in [0.05, 0.1) is 17.0 Å². The van der Waals surface area contributed by atoms with Gasteiger partial charge >= 0.3 is 0 Å². The predicted molar refractivity (Wildman–Crippen MR) is 113 cm³/mol. The summed E-state index contributed by atoms with van der Waals surface area (Å²) in [6.07, 6.45) is 2.36. The molecule has 32 heavy (non-hydrogen) atoms. The van der Waals surface area contributed by atoms with Crippen molar-refractivity contribution in [2.24, 2.45) is 0 Å². The average Bonchev–Trinajstić information content (AvgIpc) is 3.24. The second-order valence-corrected chi connectivity index (χ2v) is 7.20. The van der Waals surface area contributed by atoms with Crippen LogP contribution < -0.4 is 10.1 Å². The van der Waals surface area contributed by atoms with Gasteiger partial charge in [0.1, 0.15) is 16.7 Å². The van der Waals surface area contributed by atoms with Crippen molar-refractivity contribution in [3.05, 3.63) is 76.4 Å². The largest absolute Gasteiger partial charge is 0.432 e. The number of anilines is 2. The number of allylic oxidation sites excluding steroid dienone is 1. The van der Waals surface area contributed by atoms with Gasteiger partial charge in [-0.2, -0.15) is 15.5 Å². The van der Waals surface area contributed by atoms with Crippen molar-refractivity contribution >= 4 is 39.3 Å². The quantitative estimate of drug-likeness (QED) is 0.373. The van der Waals surface area contributed by atoms with Gasteiger partial charge in [-0.25, -0.2) is 18.2 Å². The van der Waals surface area contributed by atoms with Crippen LogP contribution in [0, 0.1) is 40.1 Å². The van der Waals surface area contributed by atoms with Crippen molar-refractivity contribution in [3.63, 3.8) is 0 Å². The predicted octanol–water partition coefficient (Wildman–Crippen LogP) is 6.05. The van der Waals surface area contributed by atoms with Crippen LogP contribution in [0.25, 0.3) is 16.3 Å². The van der Waals surface area contributed by atoms with Crippen molar-refractivity contribution in [2.75, 3.05) is 5.32 Å². The van der Waals surface area contributed by atoms with Gasteiger partial charge in [-0.1, -0.05) is 0 Å². The Balaban J connectivity index is 1.70. The molecule has 0 bridgehead atoms. The molecular weight excluding hydrogens is 439 g/mol. The fourth-order valence-electron chi connectivity index (χ4n) is 2.78. The van der Waals surface area contributed by atoms with Gasteiger partial charge in [0.15, 0.2) is 11.6 Å². The second kappa shape index (κ2) is 8.76. The molecule has 0 radical (unpaired) electrons. The zero-order valence-corrected chi connectivity index (χ0v) is 16.8. The van der Waals surface area contributed by atoms with Gasteiger partial charge in [-0.15, -0.1) is 11.3 Å². The third-order valence-electron chi connectivity index (χ3n) is 4.21. The van der Waals surface area contributed by atoms with Crippen molar-refractivity contribution in [1.29, 1.82) is 10.5 Å². The van der Waals surface area contributed by atoms with E-state index in [9.17, 15) is 13.2 Å². The van der Waals surface area contributed by atoms with Gasteiger partial charge in [-0.3, -0.25) is 0 Å². The van der Waals surface area contributed by atoms with Crippen LogP contribution >= 0.6 is 11.3 Å². The number of ether oxygens (including phenoxy) is 1. The van der Waals surface area contributed by atoms with Crippen molar-refractivity contribution < 1.29 is 17.9 Å². The van der Waals surface area contributed by atoms with Crippen LogP contribution in [0.15, 0.2) is 47.9 Å². The zero-order chi connectivity index (χ0) is 22.7. The first-order chi connectivity index (χ1) is 15.5. The van der Waals surface area contributed by atoms with E-state index in [-0.39, 0.29) is 28.6 Å². The molecule has 0 saturated carbocycles. The van der Waals surface area contributed by atoms with Gasteiger partial charge < -0.3 is 10.1 Å². The molecule has 2 heterocycles. The van der Waals surface area contributed by atoms with Crippen molar-refractivity contribution in [2.45, 2.75) is 0 Å². The Morgan fingerprint density at radius 1 is 1.00 bits per heavy atom. The summed E-state index contributed by atoms with van der Waals surface area (Å²) in [6, 6.07) is 11.0. The van der Waals surface area contributed by atoms with E-state index in [0.717, 1.165) is 24.3 Å². The zero-order valence-electron chi connectivity index (χ0n) is 15.9. The lowest BCUT2D eigenvalue weighted by atomic mass is 10.2. The van der Waals surface area contributed by atoms with Crippen LogP contribution in [0.4, 0.5) is 24.8 Å². The molecule has 1 N–H and O–H groups in total. The molecule has 6 nitrogen and oxygen atoms in total. The monoisotopic (exact) mass is 449 g/mol. The second-order valence-electron chi connectivity index (χ2n) is 6.30. The minimum atomic E-state index is -0.978. The minimum absolute atomic E-state index is 0.00782. The van der Waals surface area contributed by atoms with Crippen molar-refractivity contribution in [1.82, 2.24) is 9.97 Å². The summed E-state index contributed by atoms with van der Waals surface area (Å²) in [5.74, 6) is -3.44. The average molecular weight is 449 g/mol. The summed E-state index contributed by atoms with van der Waals surface area (Å²) in [4.78, 5) is 8.95. The number of nitriles is 2. The Kier molecular flexibility index (Phi) is 5.71. The topological polar surface area (TPSA) is 94.6 Å². The van der Waals surface area contributed by atoms with E-state index in [1.807, 2.05) is 0 Å². The first kappa shape index (κ1) is 20.8. The highest BCUT2D eigenvalue weighted by molar-refractivity contribution is 7.16. The van der Waals surface area contributed by atoms with Gasteiger partial charge in [-0.05, 0) is 53.4 Å². The van der Waals surface area contributed by atoms with Crippen molar-refractivity contribution in [3.8, 4) is 23.8 Å². The molecule has 0 fully saturated rings. The Hall–Kier alpha value is -4.41. The van der Waals surface area contributed by atoms with Gasteiger partial charge in [0.2, 0.25) is 17.6 Å². The van der Waals surface area contributed by atoms with E-state index in [0.29, 0.717) is 10.2 Å². The smallest absolute Gasteiger partial charge is 0.233 e. The van der Waals surface area contributed by atoms with E-state index in [4.69, 9.17) is 15.3 Å². The molecule has 0 saturated heterocycles. The number of halogens is 3. The number of thiophene rings is 1. The third kappa shape index (κ3) is 4.21. The molecule has 4 aromatic rings. The molecule has 0 aliphatic carbocycles. The van der Waals surface area contributed by atoms with Crippen LogP contribution in [0.1, 0.15) is 11.1 Å². The normalized spacial score (nSPS) is 10.8. The number of hydrogen-bond acceptors (Lipinski definition) is 7. The summed E-state index contributed by atoms with van der Waals surface area (Å²) in [6.45, 7) is 0. The molecule has 156 valence electrons. The highest BCUT2D eigenvalue weighted by Crippen LogP contribution is 2.35. The SMILES string of the molecule is N#C/C=C/c1cc(F)c(Oc2nc(Nc3ccc(C#N)c(F)c3)nc3sccc23)c(F)c1. The highest BCUT2D eigenvalue weighted by atomic mass is 32.1. The molecule has 10 heteroatoms. The first-order valence-corrected chi connectivity index (χ1v) is 9.81. The van der Waals surface area contributed by atoms with Crippen LogP contribution in [0.5, 0.6) is 11.6 Å². The molecule has 0 amide bonds.